The summed E-state index contributed by atoms with van der Waals surface area (Å²) in [5.74, 6) is -0.709. The molecule has 8 heteroatoms. The summed E-state index contributed by atoms with van der Waals surface area (Å²) in [6.45, 7) is 1.44. The Labute approximate surface area is 250 Å². The van der Waals surface area contributed by atoms with Crippen LogP contribution < -0.4 is 0 Å². The summed E-state index contributed by atoms with van der Waals surface area (Å²) < 4.78 is 4.70. The molecule has 0 amide bonds. The second-order valence-corrected chi connectivity index (χ2v) is 12.0. The molecule has 0 aliphatic heterocycles. The molecule has 246 valence electrons. The Morgan fingerprint density at radius 3 is 1.12 bits per heavy atom. The number of carbonyl (C=O) groups excluding carboxylic acids is 1. The van der Waals surface area contributed by atoms with Crippen LogP contribution in [0.4, 0.5) is 0 Å². The molecule has 0 aromatic rings. The van der Waals surface area contributed by atoms with Crippen molar-refractivity contribution in [3.63, 3.8) is 0 Å². The Balaban J connectivity index is 3.40. The predicted octanol–water partition coefficient (Wildman–Crippen LogP) is 6.06. The molecule has 0 saturated carbocycles. The fourth-order valence-corrected chi connectivity index (χ4v) is 5.20. The van der Waals surface area contributed by atoms with Gasteiger partial charge in [0.15, 0.2) is 0 Å². The average Bonchev–Trinajstić information content (AvgIpc) is 2.97. The summed E-state index contributed by atoms with van der Waals surface area (Å²) in [6, 6.07) is 0. The van der Waals surface area contributed by atoms with Crippen LogP contribution in [0, 0.1) is 0 Å². The van der Waals surface area contributed by atoms with E-state index in [1.165, 1.54) is 128 Å². The first-order valence-electron chi connectivity index (χ1n) is 17.1. The predicted molar refractivity (Wildman–Crippen MR) is 164 cm³/mol. The van der Waals surface area contributed by atoms with Crippen molar-refractivity contribution in [1.29, 1.82) is 0 Å². The van der Waals surface area contributed by atoms with Crippen molar-refractivity contribution in [3.8, 4) is 0 Å². The van der Waals surface area contributed by atoms with E-state index in [0.29, 0.717) is 6.42 Å². The second kappa shape index (κ2) is 29.3. The summed E-state index contributed by atoms with van der Waals surface area (Å²) in [5.41, 5.74) is 0. The largest absolute Gasteiger partial charge is 0.433 e. The molecule has 0 spiro atoms. The molecule has 6 N–H and O–H groups in total. The molecule has 0 aliphatic rings. The van der Waals surface area contributed by atoms with Gasteiger partial charge in [0.1, 0.15) is 24.4 Å². The molecular formula is C33H66O8. The van der Waals surface area contributed by atoms with E-state index >= 15 is 0 Å². The molecule has 1 unspecified atom stereocenters. The van der Waals surface area contributed by atoms with Gasteiger partial charge in [-0.2, -0.15) is 0 Å². The highest BCUT2D eigenvalue weighted by Crippen LogP contribution is 2.16. The van der Waals surface area contributed by atoms with E-state index in [0.717, 1.165) is 19.3 Å². The number of esters is 1. The number of ether oxygens (including phenoxy) is 1. The maximum absolute atomic E-state index is 11.8. The van der Waals surface area contributed by atoms with Gasteiger partial charge in [-0.3, -0.25) is 4.79 Å². The molecule has 5 atom stereocenters. The van der Waals surface area contributed by atoms with Crippen molar-refractivity contribution in [2.24, 2.45) is 0 Å². The lowest BCUT2D eigenvalue weighted by atomic mass is 10.0. The van der Waals surface area contributed by atoms with Gasteiger partial charge < -0.3 is 35.4 Å². The zero-order chi connectivity index (χ0) is 30.6. The van der Waals surface area contributed by atoms with Crippen molar-refractivity contribution >= 4 is 5.97 Å². The minimum atomic E-state index is -2.03. The van der Waals surface area contributed by atoms with E-state index in [9.17, 15) is 30.3 Å². The third-order valence-corrected chi connectivity index (χ3v) is 8.06. The third kappa shape index (κ3) is 24.4. The smallest absolute Gasteiger partial charge is 0.308 e. The molecule has 0 rings (SSSR count). The highest BCUT2D eigenvalue weighted by molar-refractivity contribution is 5.69. The van der Waals surface area contributed by atoms with Gasteiger partial charge in [0.25, 0.3) is 0 Å². The quantitative estimate of drug-likeness (QED) is 0.0324. The van der Waals surface area contributed by atoms with Gasteiger partial charge in [0.2, 0.25) is 6.29 Å². The van der Waals surface area contributed by atoms with Crippen molar-refractivity contribution < 1.29 is 40.2 Å². The van der Waals surface area contributed by atoms with Crippen LogP contribution in [0.3, 0.4) is 0 Å². The molecule has 0 aromatic heterocycles. The summed E-state index contributed by atoms with van der Waals surface area (Å²) in [6.07, 6.45) is 21.7. The van der Waals surface area contributed by atoms with Crippen LogP contribution in [0.1, 0.15) is 167 Å². The third-order valence-electron chi connectivity index (χ3n) is 8.06. The maximum atomic E-state index is 11.8. The van der Waals surface area contributed by atoms with Gasteiger partial charge in [-0.1, -0.05) is 155 Å². The van der Waals surface area contributed by atoms with Crippen LogP contribution in [-0.4, -0.2) is 73.9 Å². The zero-order valence-electron chi connectivity index (χ0n) is 26.3. The molecule has 0 saturated heterocycles. The molecule has 0 bridgehead atoms. The Kier molecular flexibility index (Phi) is 28.8. The highest BCUT2D eigenvalue weighted by Gasteiger charge is 2.35. The van der Waals surface area contributed by atoms with Gasteiger partial charge in [-0.25, -0.2) is 0 Å². The topological polar surface area (TPSA) is 148 Å². The summed E-state index contributed by atoms with van der Waals surface area (Å²) in [5, 5.41) is 56.9. The van der Waals surface area contributed by atoms with E-state index in [4.69, 9.17) is 9.84 Å². The number of hydrogen-bond donors (Lipinski definition) is 6. The molecule has 8 nitrogen and oxygen atoms in total. The first-order valence-corrected chi connectivity index (χ1v) is 17.1. The Hall–Kier alpha value is -0.770. The van der Waals surface area contributed by atoms with E-state index in [2.05, 4.69) is 6.92 Å². The molecule has 41 heavy (non-hydrogen) atoms. The molecule has 0 aromatic carbocycles. The van der Waals surface area contributed by atoms with Crippen molar-refractivity contribution in [3.05, 3.63) is 0 Å². The van der Waals surface area contributed by atoms with Crippen LogP contribution in [0.5, 0.6) is 0 Å². The Bertz CT molecular complexity index is 561. The zero-order valence-corrected chi connectivity index (χ0v) is 26.3. The van der Waals surface area contributed by atoms with E-state index < -0.39 is 43.3 Å². The second-order valence-electron chi connectivity index (χ2n) is 12.0. The molecule has 0 fully saturated rings. The van der Waals surface area contributed by atoms with Gasteiger partial charge in [0.05, 0.1) is 6.61 Å². The number of carbonyl (C=O) groups is 1. The van der Waals surface area contributed by atoms with Crippen LogP contribution in [0.25, 0.3) is 0 Å². The van der Waals surface area contributed by atoms with E-state index in [1.54, 1.807) is 0 Å². The minimum absolute atomic E-state index is 0.0843. The van der Waals surface area contributed by atoms with Gasteiger partial charge in [-0.15, -0.1) is 0 Å². The fraction of sp³-hybridized carbons (Fsp3) is 0.970. The lowest BCUT2D eigenvalue weighted by molar-refractivity contribution is -0.213. The van der Waals surface area contributed by atoms with Crippen LogP contribution >= 0.6 is 0 Å². The normalized spacial score (nSPS) is 15.4. The maximum Gasteiger partial charge on any atom is 0.308 e. The molecule has 0 aliphatic carbocycles. The van der Waals surface area contributed by atoms with Crippen molar-refractivity contribution in [2.45, 2.75) is 198 Å². The lowest BCUT2D eigenvalue weighted by Crippen LogP contribution is -2.50. The Morgan fingerprint density at radius 1 is 0.488 bits per heavy atom. The number of aliphatic hydroxyl groups is 6. The number of rotatable bonds is 31. The summed E-state index contributed by atoms with van der Waals surface area (Å²) in [7, 11) is 0. The van der Waals surface area contributed by atoms with Gasteiger partial charge >= 0.3 is 5.97 Å². The van der Waals surface area contributed by atoms with Crippen LogP contribution in [0.2, 0.25) is 0 Å². The summed E-state index contributed by atoms with van der Waals surface area (Å²) >= 11 is 0. The minimum Gasteiger partial charge on any atom is -0.433 e. The SMILES string of the molecule is CCCCCCCCCCCCCCCCCCCCCCCCCCC(=O)OC(O)[C@H](O)[C@@H](O)[C@H](O)[C@H](O)CO. The summed E-state index contributed by atoms with van der Waals surface area (Å²) in [4.78, 5) is 11.8. The molecule has 0 heterocycles. The Morgan fingerprint density at radius 2 is 0.805 bits per heavy atom. The number of hydrogen-bond acceptors (Lipinski definition) is 8. The first-order chi connectivity index (χ1) is 19.8. The number of unbranched alkanes of at least 4 members (excludes halogenated alkanes) is 23. The van der Waals surface area contributed by atoms with Crippen molar-refractivity contribution in [1.82, 2.24) is 0 Å². The average molecular weight is 591 g/mol. The number of aliphatic hydroxyl groups excluding tert-OH is 6. The van der Waals surface area contributed by atoms with Gasteiger partial charge in [-0.05, 0) is 6.42 Å². The van der Waals surface area contributed by atoms with E-state index in [1.807, 2.05) is 0 Å². The lowest BCUT2D eigenvalue weighted by Gasteiger charge is -2.28. The molecular weight excluding hydrogens is 524 g/mol. The van der Waals surface area contributed by atoms with E-state index in [-0.39, 0.29) is 6.42 Å². The van der Waals surface area contributed by atoms with Crippen LogP contribution in [-0.2, 0) is 9.53 Å². The van der Waals surface area contributed by atoms with Gasteiger partial charge in [0, 0.05) is 6.42 Å². The standard InChI is InChI=1S/C33H66O8/c1-2-3-4-5-6-7-8-9-10-11-12-13-14-15-16-17-18-19-20-21-22-23-24-25-26-29(36)41-33(40)32(39)31(38)30(37)28(35)27-34/h28,30-35,37-40H,2-27H2,1H3/t28-,30-,31+,32-,33?/m1/s1. The molecule has 0 radical (unpaired) electrons. The highest BCUT2D eigenvalue weighted by atomic mass is 16.6. The monoisotopic (exact) mass is 590 g/mol. The fourth-order valence-electron chi connectivity index (χ4n) is 5.20. The first kappa shape index (κ1) is 40.2. The van der Waals surface area contributed by atoms with Crippen LogP contribution in [0.15, 0.2) is 0 Å². The van der Waals surface area contributed by atoms with Crippen molar-refractivity contribution in [2.75, 3.05) is 6.61 Å².